The van der Waals surface area contributed by atoms with Crippen molar-refractivity contribution in [2.75, 3.05) is 20.2 Å². The Kier molecular flexibility index (Phi) is 5.67. The SMILES string of the molecule is CN(Cc1ccccc1)C[C@@](C)(O)COc1cccc(-c2noc3ccsc23)c1. The molecule has 0 bridgehead atoms. The minimum absolute atomic E-state index is 0.197. The second kappa shape index (κ2) is 8.37. The molecule has 0 fully saturated rings. The summed E-state index contributed by atoms with van der Waals surface area (Å²) in [6, 6.07) is 19.9. The fourth-order valence-electron chi connectivity index (χ4n) is 3.41. The summed E-state index contributed by atoms with van der Waals surface area (Å²) in [4.78, 5) is 2.10. The maximum absolute atomic E-state index is 10.8. The minimum atomic E-state index is -0.978. The van der Waals surface area contributed by atoms with Crippen LogP contribution in [0.15, 0.2) is 70.6 Å². The molecule has 2 heterocycles. The Balaban J connectivity index is 1.38. The lowest BCUT2D eigenvalue weighted by Crippen LogP contribution is -2.43. The summed E-state index contributed by atoms with van der Waals surface area (Å²) in [5.41, 5.74) is 2.78. The fraction of sp³-hybridized carbons (Fsp3) is 0.261. The first-order valence-corrected chi connectivity index (χ1v) is 10.4. The molecular formula is C23H24N2O3S. The van der Waals surface area contributed by atoms with Gasteiger partial charge in [0, 0.05) is 18.7 Å². The zero-order valence-electron chi connectivity index (χ0n) is 16.5. The van der Waals surface area contributed by atoms with Gasteiger partial charge in [-0.3, -0.25) is 4.90 Å². The van der Waals surface area contributed by atoms with E-state index in [0.29, 0.717) is 12.3 Å². The number of benzene rings is 2. The summed E-state index contributed by atoms with van der Waals surface area (Å²) in [5, 5.41) is 17.0. The maximum Gasteiger partial charge on any atom is 0.178 e. The van der Waals surface area contributed by atoms with E-state index >= 15 is 0 Å². The zero-order chi connectivity index (χ0) is 20.3. The number of hydrogen-bond acceptors (Lipinski definition) is 6. The summed E-state index contributed by atoms with van der Waals surface area (Å²) in [6.45, 7) is 3.27. The van der Waals surface area contributed by atoms with Crippen molar-refractivity contribution in [2.45, 2.75) is 19.1 Å². The lowest BCUT2D eigenvalue weighted by atomic mass is 10.1. The number of rotatable bonds is 8. The van der Waals surface area contributed by atoms with Gasteiger partial charge in [-0.05, 0) is 43.1 Å². The molecule has 2 aromatic carbocycles. The molecular weight excluding hydrogens is 384 g/mol. The Morgan fingerprint density at radius 1 is 1.14 bits per heavy atom. The van der Waals surface area contributed by atoms with Crippen molar-refractivity contribution in [1.82, 2.24) is 10.1 Å². The number of nitrogens with zero attached hydrogens (tertiary/aromatic N) is 2. The van der Waals surface area contributed by atoms with Crippen molar-refractivity contribution in [2.24, 2.45) is 0 Å². The van der Waals surface area contributed by atoms with Crippen LogP contribution in [-0.2, 0) is 6.54 Å². The van der Waals surface area contributed by atoms with E-state index in [-0.39, 0.29) is 6.61 Å². The van der Waals surface area contributed by atoms with Gasteiger partial charge in [0.25, 0.3) is 0 Å². The van der Waals surface area contributed by atoms with Gasteiger partial charge >= 0.3 is 0 Å². The third-order valence-corrected chi connectivity index (χ3v) is 5.54. The highest BCUT2D eigenvalue weighted by Crippen LogP contribution is 2.33. The highest BCUT2D eigenvalue weighted by molar-refractivity contribution is 7.17. The van der Waals surface area contributed by atoms with Gasteiger partial charge in [0.05, 0.1) is 0 Å². The number of aliphatic hydroxyl groups is 1. The van der Waals surface area contributed by atoms with E-state index in [0.717, 1.165) is 28.1 Å². The molecule has 4 rings (SSSR count). The number of fused-ring (bicyclic) bond motifs is 1. The van der Waals surface area contributed by atoms with Crippen molar-refractivity contribution in [3.8, 4) is 17.0 Å². The summed E-state index contributed by atoms with van der Waals surface area (Å²) in [6.07, 6.45) is 0. The van der Waals surface area contributed by atoms with Crippen molar-refractivity contribution in [1.29, 1.82) is 0 Å². The number of ether oxygens (including phenoxy) is 1. The Morgan fingerprint density at radius 2 is 1.97 bits per heavy atom. The number of aromatic nitrogens is 1. The van der Waals surface area contributed by atoms with E-state index in [1.54, 1.807) is 18.3 Å². The number of thiophene rings is 1. The van der Waals surface area contributed by atoms with Crippen molar-refractivity contribution < 1.29 is 14.4 Å². The smallest absolute Gasteiger partial charge is 0.178 e. The number of likely N-dealkylation sites (N-methyl/N-ethyl adjacent to an activating group) is 1. The standard InChI is InChI=1S/C23H24N2O3S/c1-23(26,15-25(2)14-17-7-4-3-5-8-17)16-27-19-10-6-9-18(13-19)21-22-20(28-24-21)11-12-29-22/h3-13,26H,14-16H2,1-2H3/t23-/m1/s1. The van der Waals surface area contributed by atoms with Crippen LogP contribution >= 0.6 is 11.3 Å². The molecule has 1 N–H and O–H groups in total. The molecule has 0 saturated heterocycles. The average Bonchev–Trinajstić information content (AvgIpc) is 3.31. The summed E-state index contributed by atoms with van der Waals surface area (Å²) < 4.78 is 12.3. The molecule has 0 spiro atoms. The zero-order valence-corrected chi connectivity index (χ0v) is 17.4. The van der Waals surface area contributed by atoms with Crippen LogP contribution in [-0.4, -0.2) is 41.0 Å². The van der Waals surface area contributed by atoms with Crippen LogP contribution in [0.5, 0.6) is 5.75 Å². The predicted molar refractivity (Wildman–Crippen MR) is 116 cm³/mol. The molecule has 0 saturated carbocycles. The third kappa shape index (κ3) is 4.85. The molecule has 0 radical (unpaired) electrons. The van der Waals surface area contributed by atoms with Crippen molar-refractivity contribution in [3.05, 3.63) is 71.6 Å². The van der Waals surface area contributed by atoms with E-state index in [1.807, 2.05) is 61.0 Å². The predicted octanol–water partition coefficient (Wildman–Crippen LogP) is 4.82. The van der Waals surface area contributed by atoms with E-state index < -0.39 is 5.60 Å². The number of hydrogen-bond donors (Lipinski definition) is 1. The van der Waals surface area contributed by atoms with E-state index in [2.05, 4.69) is 22.2 Å². The molecule has 2 aromatic heterocycles. The quantitative estimate of drug-likeness (QED) is 0.453. The van der Waals surface area contributed by atoms with Gasteiger partial charge in [-0.1, -0.05) is 47.6 Å². The largest absolute Gasteiger partial charge is 0.491 e. The van der Waals surface area contributed by atoms with E-state index in [4.69, 9.17) is 9.26 Å². The Hall–Kier alpha value is -2.67. The summed E-state index contributed by atoms with van der Waals surface area (Å²) >= 11 is 1.60. The molecule has 0 amide bonds. The lowest BCUT2D eigenvalue weighted by molar-refractivity contribution is -0.0137. The highest BCUT2D eigenvalue weighted by Gasteiger charge is 2.24. The molecule has 29 heavy (non-hydrogen) atoms. The third-order valence-electron chi connectivity index (χ3n) is 4.64. The molecule has 150 valence electrons. The van der Waals surface area contributed by atoms with Crippen LogP contribution < -0.4 is 4.74 Å². The molecule has 0 aliphatic rings. The van der Waals surface area contributed by atoms with E-state index in [9.17, 15) is 5.11 Å². The maximum atomic E-state index is 10.8. The van der Waals surface area contributed by atoms with Crippen LogP contribution in [0.4, 0.5) is 0 Å². The van der Waals surface area contributed by atoms with Gasteiger partial charge in [0.15, 0.2) is 5.58 Å². The lowest BCUT2D eigenvalue weighted by Gasteiger charge is -2.29. The first kappa shape index (κ1) is 19.6. The van der Waals surface area contributed by atoms with Gasteiger partial charge in [0.1, 0.15) is 28.4 Å². The second-order valence-corrected chi connectivity index (χ2v) is 8.53. The summed E-state index contributed by atoms with van der Waals surface area (Å²) in [7, 11) is 2.00. The fourth-order valence-corrected chi connectivity index (χ4v) is 4.23. The van der Waals surface area contributed by atoms with Gasteiger partial charge in [-0.15, -0.1) is 11.3 Å². The molecule has 0 unspecified atom stereocenters. The molecule has 6 heteroatoms. The van der Waals surface area contributed by atoms with Gasteiger partial charge in [-0.2, -0.15) is 0 Å². The molecule has 0 aliphatic heterocycles. The second-order valence-electron chi connectivity index (χ2n) is 7.62. The van der Waals surface area contributed by atoms with Crippen LogP contribution in [0.2, 0.25) is 0 Å². The van der Waals surface area contributed by atoms with Crippen LogP contribution in [0, 0.1) is 0 Å². The molecule has 4 aromatic rings. The van der Waals surface area contributed by atoms with Crippen LogP contribution in [0.1, 0.15) is 12.5 Å². The van der Waals surface area contributed by atoms with Crippen LogP contribution in [0.3, 0.4) is 0 Å². The Labute approximate surface area is 174 Å². The Morgan fingerprint density at radius 3 is 2.79 bits per heavy atom. The van der Waals surface area contributed by atoms with Crippen molar-refractivity contribution >= 4 is 21.6 Å². The summed E-state index contributed by atoms with van der Waals surface area (Å²) in [5.74, 6) is 0.696. The van der Waals surface area contributed by atoms with Gasteiger partial charge < -0.3 is 14.4 Å². The molecule has 5 nitrogen and oxygen atoms in total. The monoisotopic (exact) mass is 408 g/mol. The first-order valence-electron chi connectivity index (χ1n) is 9.51. The molecule has 0 aliphatic carbocycles. The van der Waals surface area contributed by atoms with Gasteiger partial charge in [0.2, 0.25) is 0 Å². The van der Waals surface area contributed by atoms with Crippen molar-refractivity contribution in [3.63, 3.8) is 0 Å². The highest BCUT2D eigenvalue weighted by atomic mass is 32.1. The molecule has 1 atom stereocenters. The first-order chi connectivity index (χ1) is 14.0. The topological polar surface area (TPSA) is 58.7 Å². The average molecular weight is 409 g/mol. The normalized spacial score (nSPS) is 13.7. The van der Waals surface area contributed by atoms with E-state index in [1.165, 1.54) is 5.56 Å². The minimum Gasteiger partial charge on any atom is -0.491 e. The Bertz CT molecular complexity index is 1070. The van der Waals surface area contributed by atoms with Crippen LogP contribution in [0.25, 0.3) is 21.5 Å². The van der Waals surface area contributed by atoms with Gasteiger partial charge in [-0.25, -0.2) is 0 Å².